The van der Waals surface area contributed by atoms with Crippen molar-refractivity contribution in [3.63, 3.8) is 0 Å². The van der Waals surface area contributed by atoms with E-state index >= 15 is 0 Å². The third kappa shape index (κ3) is 13.9. The molecule has 15 heavy (non-hydrogen) atoms. The fourth-order valence-corrected chi connectivity index (χ4v) is 1.32. The summed E-state index contributed by atoms with van der Waals surface area (Å²) in [6.45, 7) is 11.8. The summed E-state index contributed by atoms with van der Waals surface area (Å²) < 4.78 is 5.50. The van der Waals surface area contributed by atoms with Crippen LogP contribution in [0.3, 0.4) is 0 Å². The first-order chi connectivity index (χ1) is 7.06. The Bertz CT molecular complexity index is 129. The summed E-state index contributed by atoms with van der Waals surface area (Å²) in [7, 11) is 0. The zero-order valence-electron chi connectivity index (χ0n) is 11.1. The van der Waals surface area contributed by atoms with Crippen LogP contribution < -0.4 is 5.32 Å². The maximum absolute atomic E-state index is 5.50. The lowest BCUT2D eigenvalue weighted by molar-refractivity contribution is 0.127. The van der Waals surface area contributed by atoms with Gasteiger partial charge in [-0.2, -0.15) is 0 Å². The van der Waals surface area contributed by atoms with E-state index in [0.29, 0.717) is 0 Å². The fourth-order valence-electron chi connectivity index (χ4n) is 1.32. The standard InChI is InChI=1S/C13H29NO/c1-5-6-11-15-12-9-7-8-10-14-13(2,3)4/h14H,5-12H2,1-4H3. The third-order valence-electron chi connectivity index (χ3n) is 2.26. The Morgan fingerprint density at radius 3 is 2.20 bits per heavy atom. The summed E-state index contributed by atoms with van der Waals surface area (Å²) in [6, 6.07) is 0. The van der Waals surface area contributed by atoms with Crippen molar-refractivity contribution < 1.29 is 4.74 Å². The van der Waals surface area contributed by atoms with Crippen LogP contribution in [0.2, 0.25) is 0 Å². The van der Waals surface area contributed by atoms with Crippen molar-refractivity contribution in [3.8, 4) is 0 Å². The molecule has 0 rings (SSSR count). The SMILES string of the molecule is CCCCOCCCCCNC(C)(C)C. The second-order valence-corrected chi connectivity index (χ2v) is 5.20. The summed E-state index contributed by atoms with van der Waals surface area (Å²) >= 11 is 0. The molecule has 0 aromatic rings. The van der Waals surface area contributed by atoms with Gasteiger partial charge in [0.2, 0.25) is 0 Å². The number of nitrogens with one attached hydrogen (secondary N) is 1. The van der Waals surface area contributed by atoms with Crippen molar-refractivity contribution in [2.45, 2.75) is 65.3 Å². The van der Waals surface area contributed by atoms with E-state index in [0.717, 1.165) is 19.8 Å². The van der Waals surface area contributed by atoms with Crippen LogP contribution in [-0.2, 0) is 4.74 Å². The summed E-state index contributed by atoms with van der Waals surface area (Å²) in [6.07, 6.45) is 6.17. The number of rotatable bonds is 9. The molecule has 0 aliphatic rings. The monoisotopic (exact) mass is 215 g/mol. The van der Waals surface area contributed by atoms with Crippen molar-refractivity contribution >= 4 is 0 Å². The Morgan fingerprint density at radius 1 is 0.933 bits per heavy atom. The van der Waals surface area contributed by atoms with Gasteiger partial charge in [0.25, 0.3) is 0 Å². The highest BCUT2D eigenvalue weighted by Gasteiger charge is 2.06. The highest BCUT2D eigenvalue weighted by Crippen LogP contribution is 2.01. The van der Waals surface area contributed by atoms with Crippen LogP contribution >= 0.6 is 0 Å². The van der Waals surface area contributed by atoms with Gasteiger partial charge >= 0.3 is 0 Å². The first kappa shape index (κ1) is 14.9. The summed E-state index contributed by atoms with van der Waals surface area (Å²) in [5.74, 6) is 0. The van der Waals surface area contributed by atoms with Crippen LogP contribution in [0, 0.1) is 0 Å². The van der Waals surface area contributed by atoms with Gasteiger partial charge < -0.3 is 10.1 Å². The predicted molar refractivity (Wildman–Crippen MR) is 67.3 cm³/mol. The van der Waals surface area contributed by atoms with Gasteiger partial charge in [-0.1, -0.05) is 13.3 Å². The molecule has 0 radical (unpaired) electrons. The number of hydrogen-bond donors (Lipinski definition) is 1. The number of unbranched alkanes of at least 4 members (excludes halogenated alkanes) is 3. The first-order valence-electron chi connectivity index (χ1n) is 6.39. The fraction of sp³-hybridized carbons (Fsp3) is 1.00. The maximum Gasteiger partial charge on any atom is 0.0466 e. The summed E-state index contributed by atoms with van der Waals surface area (Å²) in [5, 5.41) is 3.49. The minimum absolute atomic E-state index is 0.262. The van der Waals surface area contributed by atoms with E-state index in [4.69, 9.17) is 4.74 Å². The third-order valence-corrected chi connectivity index (χ3v) is 2.26. The van der Waals surface area contributed by atoms with Crippen LogP contribution in [0.15, 0.2) is 0 Å². The number of ether oxygens (including phenoxy) is 1. The molecule has 2 nitrogen and oxygen atoms in total. The molecule has 1 N–H and O–H groups in total. The Hall–Kier alpha value is -0.0800. The second kappa shape index (κ2) is 9.17. The van der Waals surface area contributed by atoms with Crippen molar-refractivity contribution in [1.82, 2.24) is 5.32 Å². The molecule has 0 saturated heterocycles. The Balaban J connectivity index is 2.99. The van der Waals surface area contributed by atoms with Crippen molar-refractivity contribution in [1.29, 1.82) is 0 Å². The van der Waals surface area contributed by atoms with Crippen LogP contribution in [0.25, 0.3) is 0 Å². The molecular formula is C13H29NO. The first-order valence-corrected chi connectivity index (χ1v) is 6.39. The molecule has 0 atom stereocenters. The molecule has 0 heterocycles. The van der Waals surface area contributed by atoms with E-state index in [1.165, 1.54) is 32.1 Å². The topological polar surface area (TPSA) is 21.3 Å². The van der Waals surface area contributed by atoms with Crippen LogP contribution in [0.1, 0.15) is 59.8 Å². The highest BCUT2D eigenvalue weighted by molar-refractivity contribution is 4.69. The highest BCUT2D eigenvalue weighted by atomic mass is 16.5. The zero-order chi connectivity index (χ0) is 11.6. The Kier molecular flexibility index (Phi) is 9.12. The van der Waals surface area contributed by atoms with E-state index < -0.39 is 0 Å². The van der Waals surface area contributed by atoms with E-state index in [1.54, 1.807) is 0 Å². The lowest BCUT2D eigenvalue weighted by Gasteiger charge is -2.20. The van der Waals surface area contributed by atoms with E-state index in [9.17, 15) is 0 Å². The molecule has 0 spiro atoms. The molecular weight excluding hydrogens is 186 g/mol. The maximum atomic E-state index is 5.50. The Morgan fingerprint density at radius 2 is 1.60 bits per heavy atom. The van der Waals surface area contributed by atoms with Gasteiger partial charge in [0.1, 0.15) is 0 Å². The smallest absolute Gasteiger partial charge is 0.0466 e. The lowest BCUT2D eigenvalue weighted by Crippen LogP contribution is -2.36. The molecule has 2 heteroatoms. The average molecular weight is 215 g/mol. The van der Waals surface area contributed by atoms with E-state index in [2.05, 4.69) is 33.0 Å². The zero-order valence-corrected chi connectivity index (χ0v) is 11.1. The molecule has 0 amide bonds. The van der Waals surface area contributed by atoms with Gasteiger partial charge in [-0.15, -0.1) is 0 Å². The van der Waals surface area contributed by atoms with Crippen molar-refractivity contribution in [3.05, 3.63) is 0 Å². The van der Waals surface area contributed by atoms with E-state index in [1.807, 2.05) is 0 Å². The van der Waals surface area contributed by atoms with Crippen LogP contribution in [0.5, 0.6) is 0 Å². The largest absolute Gasteiger partial charge is 0.381 e. The molecule has 0 aliphatic carbocycles. The minimum atomic E-state index is 0.262. The molecule has 0 unspecified atom stereocenters. The van der Waals surface area contributed by atoms with Crippen molar-refractivity contribution in [2.75, 3.05) is 19.8 Å². The molecule has 0 saturated carbocycles. The Labute approximate surface area is 95.8 Å². The van der Waals surface area contributed by atoms with Gasteiger partial charge in [0.05, 0.1) is 0 Å². The minimum Gasteiger partial charge on any atom is -0.381 e. The molecule has 0 bridgehead atoms. The van der Waals surface area contributed by atoms with Gasteiger partial charge in [-0.3, -0.25) is 0 Å². The van der Waals surface area contributed by atoms with Crippen LogP contribution in [0.4, 0.5) is 0 Å². The normalized spacial score (nSPS) is 12.0. The van der Waals surface area contributed by atoms with Gasteiger partial charge in [0.15, 0.2) is 0 Å². The molecule has 0 aliphatic heterocycles. The molecule has 0 aromatic heterocycles. The lowest BCUT2D eigenvalue weighted by atomic mass is 10.1. The van der Waals surface area contributed by atoms with Gasteiger partial charge in [0, 0.05) is 18.8 Å². The molecule has 92 valence electrons. The summed E-state index contributed by atoms with van der Waals surface area (Å²) in [5.41, 5.74) is 0.262. The average Bonchev–Trinajstić information content (AvgIpc) is 2.14. The van der Waals surface area contributed by atoms with Crippen molar-refractivity contribution in [2.24, 2.45) is 0 Å². The van der Waals surface area contributed by atoms with Gasteiger partial charge in [-0.25, -0.2) is 0 Å². The quantitative estimate of drug-likeness (QED) is 0.595. The molecule has 0 fully saturated rings. The summed E-state index contributed by atoms with van der Waals surface area (Å²) in [4.78, 5) is 0. The number of hydrogen-bond acceptors (Lipinski definition) is 2. The van der Waals surface area contributed by atoms with Crippen LogP contribution in [-0.4, -0.2) is 25.3 Å². The predicted octanol–water partition coefficient (Wildman–Crippen LogP) is 3.36. The van der Waals surface area contributed by atoms with Gasteiger partial charge in [-0.05, 0) is 53.0 Å². The second-order valence-electron chi connectivity index (χ2n) is 5.20. The molecule has 0 aromatic carbocycles. The van der Waals surface area contributed by atoms with E-state index in [-0.39, 0.29) is 5.54 Å².